The zero-order valence-corrected chi connectivity index (χ0v) is 12.0. The minimum absolute atomic E-state index is 0.0544. The maximum absolute atomic E-state index is 11.5. The van der Waals surface area contributed by atoms with Gasteiger partial charge in [0, 0.05) is 29.4 Å². The van der Waals surface area contributed by atoms with Gasteiger partial charge in [-0.05, 0) is 30.5 Å². The summed E-state index contributed by atoms with van der Waals surface area (Å²) in [7, 11) is 0. The van der Waals surface area contributed by atoms with Gasteiger partial charge < -0.3 is 11.1 Å². The van der Waals surface area contributed by atoms with Crippen LogP contribution in [0.5, 0.6) is 0 Å². The van der Waals surface area contributed by atoms with Crippen molar-refractivity contribution < 1.29 is 4.79 Å². The third-order valence-electron chi connectivity index (χ3n) is 3.74. The number of nitrogens with two attached hydrogens (primary N) is 1. The van der Waals surface area contributed by atoms with Crippen molar-refractivity contribution in [3.63, 3.8) is 0 Å². The fraction of sp³-hybridized carbons (Fsp3) is 0.500. The molecule has 1 fully saturated rings. The molecule has 0 aromatic heterocycles. The smallest absolute Gasteiger partial charge is 0.221 e. The zero-order chi connectivity index (χ0) is 13.0. The van der Waals surface area contributed by atoms with Crippen molar-refractivity contribution >= 4 is 21.8 Å². The maximum Gasteiger partial charge on any atom is 0.221 e. The summed E-state index contributed by atoms with van der Waals surface area (Å²) in [5, 5.41) is 3.01. The van der Waals surface area contributed by atoms with Crippen molar-refractivity contribution in [1.82, 2.24) is 5.32 Å². The average Bonchev–Trinajstić information content (AvgIpc) is 2.28. The predicted molar refractivity (Wildman–Crippen MR) is 76.4 cm³/mol. The first-order valence-corrected chi connectivity index (χ1v) is 7.18. The predicted octanol–water partition coefficient (Wildman–Crippen LogP) is 2.34. The minimum atomic E-state index is 0.0544. The normalized spacial score (nSPS) is 17.0. The first-order valence-electron chi connectivity index (χ1n) is 6.39. The molecule has 0 saturated heterocycles. The molecule has 3 N–H and O–H groups in total. The Kier molecular flexibility index (Phi) is 4.40. The summed E-state index contributed by atoms with van der Waals surface area (Å²) in [6.07, 6.45) is 3.94. The number of hydrogen-bond donors (Lipinski definition) is 2. The molecule has 0 radical (unpaired) electrons. The van der Waals surface area contributed by atoms with Crippen molar-refractivity contribution in [3.8, 4) is 0 Å². The van der Waals surface area contributed by atoms with Crippen LogP contribution in [0.2, 0.25) is 0 Å². The summed E-state index contributed by atoms with van der Waals surface area (Å²) in [6.45, 7) is 1.14. The lowest BCUT2D eigenvalue weighted by Gasteiger charge is -2.42. The summed E-state index contributed by atoms with van der Waals surface area (Å²) < 4.78 is 1.10. The molecule has 0 unspecified atom stereocenters. The standard InChI is InChI=1S/C14H19BrN2O/c15-12-4-1-3-11(9-12)14(6-2-7-14)10-17-13(18)5-8-16/h1,3-4,9H,2,5-8,10,16H2,(H,17,18). The van der Waals surface area contributed by atoms with Crippen LogP contribution < -0.4 is 11.1 Å². The van der Waals surface area contributed by atoms with Gasteiger partial charge >= 0.3 is 0 Å². The van der Waals surface area contributed by atoms with Gasteiger partial charge in [-0.1, -0.05) is 34.5 Å². The molecule has 1 aromatic rings. The van der Waals surface area contributed by atoms with Crippen LogP contribution in [-0.4, -0.2) is 19.0 Å². The Bertz CT molecular complexity index is 430. The van der Waals surface area contributed by atoms with Gasteiger partial charge in [0.1, 0.15) is 0 Å². The van der Waals surface area contributed by atoms with Crippen molar-refractivity contribution in [1.29, 1.82) is 0 Å². The SMILES string of the molecule is NCCC(=O)NCC1(c2cccc(Br)c2)CCC1. The molecular weight excluding hydrogens is 292 g/mol. The van der Waals surface area contributed by atoms with E-state index in [1.54, 1.807) is 0 Å². The van der Waals surface area contributed by atoms with E-state index in [2.05, 4.69) is 39.4 Å². The third-order valence-corrected chi connectivity index (χ3v) is 4.24. The van der Waals surface area contributed by atoms with E-state index in [1.807, 2.05) is 6.07 Å². The van der Waals surface area contributed by atoms with Crippen LogP contribution in [-0.2, 0) is 10.2 Å². The quantitative estimate of drug-likeness (QED) is 0.877. The Hall–Kier alpha value is -0.870. The van der Waals surface area contributed by atoms with Crippen LogP contribution in [0, 0.1) is 0 Å². The lowest BCUT2D eigenvalue weighted by molar-refractivity contribution is -0.121. The molecule has 0 atom stereocenters. The maximum atomic E-state index is 11.5. The molecule has 1 saturated carbocycles. The molecule has 1 aromatic carbocycles. The number of hydrogen-bond acceptors (Lipinski definition) is 2. The molecule has 3 nitrogen and oxygen atoms in total. The number of amides is 1. The van der Waals surface area contributed by atoms with Gasteiger partial charge in [0.25, 0.3) is 0 Å². The molecule has 1 aliphatic rings. The van der Waals surface area contributed by atoms with Crippen LogP contribution in [0.1, 0.15) is 31.2 Å². The van der Waals surface area contributed by atoms with E-state index in [0.29, 0.717) is 13.0 Å². The Morgan fingerprint density at radius 2 is 2.22 bits per heavy atom. The Morgan fingerprint density at radius 1 is 1.44 bits per heavy atom. The van der Waals surface area contributed by atoms with Gasteiger partial charge in [-0.25, -0.2) is 0 Å². The molecule has 0 spiro atoms. The Balaban J connectivity index is 2.04. The topological polar surface area (TPSA) is 55.1 Å². The number of rotatable bonds is 5. The highest BCUT2D eigenvalue weighted by Gasteiger charge is 2.38. The number of benzene rings is 1. The van der Waals surface area contributed by atoms with E-state index in [0.717, 1.165) is 23.9 Å². The van der Waals surface area contributed by atoms with Crippen molar-refractivity contribution in [3.05, 3.63) is 34.3 Å². The van der Waals surface area contributed by atoms with Gasteiger partial charge in [0.05, 0.1) is 0 Å². The van der Waals surface area contributed by atoms with Crippen molar-refractivity contribution in [2.75, 3.05) is 13.1 Å². The fourth-order valence-corrected chi connectivity index (χ4v) is 2.88. The van der Waals surface area contributed by atoms with Crippen LogP contribution in [0.25, 0.3) is 0 Å². The molecule has 98 valence electrons. The summed E-state index contributed by atoms with van der Waals surface area (Å²) >= 11 is 3.51. The van der Waals surface area contributed by atoms with Crippen LogP contribution in [0.4, 0.5) is 0 Å². The van der Waals surface area contributed by atoms with E-state index >= 15 is 0 Å². The monoisotopic (exact) mass is 310 g/mol. The van der Waals surface area contributed by atoms with Crippen molar-refractivity contribution in [2.45, 2.75) is 31.1 Å². The second-order valence-corrected chi connectivity index (χ2v) is 5.88. The first-order chi connectivity index (χ1) is 8.66. The largest absolute Gasteiger partial charge is 0.355 e. The number of carbonyl (C=O) groups is 1. The van der Waals surface area contributed by atoms with Gasteiger partial charge in [0.15, 0.2) is 0 Å². The summed E-state index contributed by atoms with van der Waals surface area (Å²) in [5.41, 5.74) is 6.83. The van der Waals surface area contributed by atoms with E-state index in [9.17, 15) is 4.79 Å². The van der Waals surface area contributed by atoms with E-state index in [4.69, 9.17) is 5.73 Å². The second-order valence-electron chi connectivity index (χ2n) is 4.96. The molecular formula is C14H19BrN2O. The van der Waals surface area contributed by atoms with E-state index in [1.165, 1.54) is 12.0 Å². The highest BCUT2D eigenvalue weighted by Crippen LogP contribution is 2.43. The van der Waals surface area contributed by atoms with Crippen LogP contribution in [0.3, 0.4) is 0 Å². The summed E-state index contributed by atoms with van der Waals surface area (Å²) in [4.78, 5) is 11.5. The minimum Gasteiger partial charge on any atom is -0.355 e. The summed E-state index contributed by atoms with van der Waals surface area (Å²) in [6, 6.07) is 8.40. The average molecular weight is 311 g/mol. The number of carbonyl (C=O) groups excluding carboxylic acids is 1. The molecule has 0 bridgehead atoms. The lowest BCUT2D eigenvalue weighted by atomic mass is 9.64. The lowest BCUT2D eigenvalue weighted by Crippen LogP contribution is -2.45. The molecule has 0 aliphatic heterocycles. The highest BCUT2D eigenvalue weighted by atomic mass is 79.9. The first kappa shape index (κ1) is 13.6. The van der Waals surface area contributed by atoms with Gasteiger partial charge in [0.2, 0.25) is 5.91 Å². The van der Waals surface area contributed by atoms with Crippen LogP contribution >= 0.6 is 15.9 Å². The van der Waals surface area contributed by atoms with Gasteiger partial charge in [-0.3, -0.25) is 4.79 Å². The van der Waals surface area contributed by atoms with Crippen LogP contribution in [0.15, 0.2) is 28.7 Å². The molecule has 4 heteroatoms. The fourth-order valence-electron chi connectivity index (χ4n) is 2.48. The molecule has 1 amide bonds. The van der Waals surface area contributed by atoms with Gasteiger partial charge in [-0.15, -0.1) is 0 Å². The molecule has 1 aliphatic carbocycles. The van der Waals surface area contributed by atoms with E-state index in [-0.39, 0.29) is 11.3 Å². The Labute approximate surface area is 116 Å². The Morgan fingerprint density at radius 3 is 2.78 bits per heavy atom. The molecule has 2 rings (SSSR count). The molecule has 0 heterocycles. The van der Waals surface area contributed by atoms with Gasteiger partial charge in [-0.2, -0.15) is 0 Å². The number of nitrogens with one attached hydrogen (secondary N) is 1. The van der Waals surface area contributed by atoms with E-state index < -0.39 is 0 Å². The zero-order valence-electron chi connectivity index (χ0n) is 10.4. The van der Waals surface area contributed by atoms with Crippen molar-refractivity contribution in [2.24, 2.45) is 5.73 Å². The highest BCUT2D eigenvalue weighted by molar-refractivity contribution is 9.10. The second kappa shape index (κ2) is 5.85. The number of halogens is 1. The third kappa shape index (κ3) is 2.93. The summed E-state index contributed by atoms with van der Waals surface area (Å²) in [5.74, 6) is 0.0544. The molecule has 18 heavy (non-hydrogen) atoms.